The molecule has 0 unspecified atom stereocenters. The summed E-state index contributed by atoms with van der Waals surface area (Å²) in [4.78, 5) is 37.2. The van der Waals surface area contributed by atoms with Gasteiger partial charge in [0.25, 0.3) is 5.56 Å². The third kappa shape index (κ3) is 5.16. The van der Waals surface area contributed by atoms with E-state index in [4.69, 9.17) is 9.47 Å². The van der Waals surface area contributed by atoms with E-state index >= 15 is 0 Å². The van der Waals surface area contributed by atoms with Gasteiger partial charge in [-0.3, -0.25) is 14.7 Å². The van der Waals surface area contributed by atoms with Crippen LogP contribution < -0.4 is 10.9 Å². The molecule has 2 aromatic rings. The Morgan fingerprint density at radius 1 is 1.15 bits per heavy atom. The number of hydrogen-bond donors (Lipinski definition) is 1. The zero-order valence-electron chi connectivity index (χ0n) is 15.5. The Bertz CT molecular complexity index is 898. The van der Waals surface area contributed by atoms with Crippen LogP contribution in [-0.2, 0) is 9.47 Å². The molecule has 0 aliphatic heterocycles. The Hall–Kier alpha value is -3.16. The van der Waals surface area contributed by atoms with Gasteiger partial charge in [-0.1, -0.05) is 0 Å². The molecule has 1 N–H and O–H groups in total. The number of benzene rings is 1. The van der Waals surface area contributed by atoms with Gasteiger partial charge in [0.2, 0.25) is 0 Å². The normalized spacial score (nSPS) is 11.0. The van der Waals surface area contributed by atoms with Crippen molar-refractivity contribution in [1.29, 1.82) is 0 Å². The number of anilines is 1. The van der Waals surface area contributed by atoms with Crippen molar-refractivity contribution in [3.05, 3.63) is 58.3 Å². The molecule has 0 atom stereocenters. The van der Waals surface area contributed by atoms with Crippen LogP contribution in [0.2, 0.25) is 0 Å². The van der Waals surface area contributed by atoms with Crippen molar-refractivity contribution in [1.82, 2.24) is 4.57 Å². The molecule has 7 nitrogen and oxygen atoms in total. The number of carbonyl (C=O) groups excluding carboxylic acids is 2. The molecule has 27 heavy (non-hydrogen) atoms. The maximum atomic E-state index is 13.1. The van der Waals surface area contributed by atoms with E-state index < -0.39 is 29.0 Å². The molecule has 0 aliphatic carbocycles. The van der Waals surface area contributed by atoms with Crippen molar-refractivity contribution in [3.8, 4) is 5.69 Å². The molecule has 1 aromatic carbocycles. The van der Waals surface area contributed by atoms with Crippen LogP contribution in [0.15, 0.2) is 41.3 Å². The first kappa shape index (κ1) is 20.2. The van der Waals surface area contributed by atoms with Gasteiger partial charge in [0.15, 0.2) is 0 Å². The highest BCUT2D eigenvalue weighted by Crippen LogP contribution is 2.17. The van der Waals surface area contributed by atoms with Gasteiger partial charge in [-0.05, 0) is 58.0 Å². The van der Waals surface area contributed by atoms with Gasteiger partial charge < -0.3 is 9.47 Å². The van der Waals surface area contributed by atoms with E-state index in [1.54, 1.807) is 27.7 Å². The molecule has 0 bridgehead atoms. The summed E-state index contributed by atoms with van der Waals surface area (Å²) < 4.78 is 24.4. The number of esters is 1. The van der Waals surface area contributed by atoms with E-state index in [9.17, 15) is 18.8 Å². The molecule has 2 rings (SSSR count). The first-order chi connectivity index (χ1) is 12.6. The highest BCUT2D eigenvalue weighted by Gasteiger charge is 2.23. The van der Waals surface area contributed by atoms with Crippen LogP contribution in [-0.4, -0.2) is 28.8 Å². The van der Waals surface area contributed by atoms with E-state index in [2.05, 4.69) is 5.32 Å². The largest absolute Gasteiger partial charge is 0.462 e. The molecule has 0 saturated carbocycles. The molecule has 1 aromatic heterocycles. The standard InChI is InChI=1S/C19H21FN2O5/c1-5-26-17(24)15-14(21-18(25)27-19(2,3)4)10-11-22(16(15)23)13-8-6-12(20)7-9-13/h6-11H,5H2,1-4H3,(H,21,25). The first-order valence-electron chi connectivity index (χ1n) is 8.31. The lowest BCUT2D eigenvalue weighted by molar-refractivity contribution is 0.0525. The van der Waals surface area contributed by atoms with E-state index in [-0.39, 0.29) is 17.9 Å². The van der Waals surface area contributed by atoms with Crippen LogP contribution in [0.3, 0.4) is 0 Å². The fraction of sp³-hybridized carbons (Fsp3) is 0.316. The molecule has 0 aliphatic rings. The molecule has 1 heterocycles. The van der Waals surface area contributed by atoms with Gasteiger partial charge >= 0.3 is 12.1 Å². The van der Waals surface area contributed by atoms with Crippen molar-refractivity contribution in [2.45, 2.75) is 33.3 Å². The van der Waals surface area contributed by atoms with Gasteiger partial charge in [0, 0.05) is 11.9 Å². The van der Waals surface area contributed by atoms with Crippen LogP contribution in [0.4, 0.5) is 14.9 Å². The molecular formula is C19H21FN2O5. The number of aromatic nitrogens is 1. The average molecular weight is 376 g/mol. The van der Waals surface area contributed by atoms with E-state index in [0.29, 0.717) is 5.69 Å². The number of ether oxygens (including phenoxy) is 2. The third-order valence-electron chi connectivity index (χ3n) is 3.31. The lowest BCUT2D eigenvalue weighted by Gasteiger charge is -2.20. The van der Waals surface area contributed by atoms with Crippen LogP contribution in [0.5, 0.6) is 0 Å². The van der Waals surface area contributed by atoms with Crippen molar-refractivity contribution in [2.75, 3.05) is 11.9 Å². The summed E-state index contributed by atoms with van der Waals surface area (Å²) >= 11 is 0. The Kier molecular flexibility index (Phi) is 5.99. The van der Waals surface area contributed by atoms with Gasteiger partial charge in [-0.2, -0.15) is 0 Å². The van der Waals surface area contributed by atoms with Gasteiger partial charge in [-0.15, -0.1) is 0 Å². The fourth-order valence-electron chi connectivity index (χ4n) is 2.26. The summed E-state index contributed by atoms with van der Waals surface area (Å²) in [6, 6.07) is 6.55. The average Bonchev–Trinajstić information content (AvgIpc) is 2.54. The number of nitrogens with one attached hydrogen (secondary N) is 1. The molecule has 0 radical (unpaired) electrons. The summed E-state index contributed by atoms with van der Waals surface area (Å²) in [6.45, 7) is 6.71. The van der Waals surface area contributed by atoms with Gasteiger partial charge in [0.05, 0.1) is 12.3 Å². The van der Waals surface area contributed by atoms with Crippen LogP contribution in [0.25, 0.3) is 5.69 Å². The van der Waals surface area contributed by atoms with Crippen LogP contribution in [0.1, 0.15) is 38.1 Å². The second kappa shape index (κ2) is 8.03. The Morgan fingerprint density at radius 2 is 1.78 bits per heavy atom. The van der Waals surface area contributed by atoms with Crippen LogP contribution >= 0.6 is 0 Å². The number of halogens is 1. The first-order valence-corrected chi connectivity index (χ1v) is 8.31. The number of carbonyl (C=O) groups is 2. The van der Waals surface area contributed by atoms with Gasteiger partial charge in [-0.25, -0.2) is 14.0 Å². The molecule has 8 heteroatoms. The molecule has 0 spiro atoms. The minimum absolute atomic E-state index is 0.0361. The zero-order chi connectivity index (χ0) is 20.2. The second-order valence-corrected chi connectivity index (χ2v) is 6.60. The summed E-state index contributed by atoms with van der Waals surface area (Å²) in [5, 5.41) is 2.40. The Balaban J connectivity index is 2.50. The molecular weight excluding hydrogens is 355 g/mol. The van der Waals surface area contributed by atoms with E-state index in [1.807, 2.05) is 0 Å². The Labute approximate surface area is 155 Å². The number of rotatable bonds is 4. The predicted octanol–water partition coefficient (Wildman–Crippen LogP) is 3.50. The fourth-order valence-corrected chi connectivity index (χ4v) is 2.26. The van der Waals surface area contributed by atoms with Gasteiger partial charge in [0.1, 0.15) is 17.0 Å². The minimum Gasteiger partial charge on any atom is -0.462 e. The number of nitrogens with zero attached hydrogens (tertiary/aromatic N) is 1. The second-order valence-electron chi connectivity index (χ2n) is 6.60. The predicted molar refractivity (Wildman–Crippen MR) is 97.8 cm³/mol. The maximum absolute atomic E-state index is 13.1. The van der Waals surface area contributed by atoms with Crippen molar-refractivity contribution < 1.29 is 23.5 Å². The smallest absolute Gasteiger partial charge is 0.412 e. The van der Waals surface area contributed by atoms with E-state index in [1.165, 1.54) is 36.5 Å². The summed E-state index contributed by atoms with van der Waals surface area (Å²) in [5.74, 6) is -1.34. The number of amides is 1. The molecule has 1 amide bonds. The molecule has 144 valence electrons. The Morgan fingerprint density at radius 3 is 2.33 bits per heavy atom. The molecule has 0 fully saturated rings. The van der Waals surface area contributed by atoms with Crippen LogP contribution in [0, 0.1) is 5.82 Å². The summed E-state index contributed by atoms with van der Waals surface area (Å²) in [6.07, 6.45) is 0.553. The van der Waals surface area contributed by atoms with E-state index in [0.717, 1.165) is 4.57 Å². The lowest BCUT2D eigenvalue weighted by Crippen LogP contribution is -2.31. The van der Waals surface area contributed by atoms with Crippen molar-refractivity contribution in [2.24, 2.45) is 0 Å². The quantitative estimate of drug-likeness (QED) is 0.826. The maximum Gasteiger partial charge on any atom is 0.412 e. The number of pyridine rings is 1. The highest BCUT2D eigenvalue weighted by molar-refractivity contribution is 5.99. The number of hydrogen-bond acceptors (Lipinski definition) is 5. The zero-order valence-corrected chi connectivity index (χ0v) is 15.5. The van der Waals surface area contributed by atoms with Crippen molar-refractivity contribution >= 4 is 17.7 Å². The summed E-state index contributed by atoms with van der Waals surface area (Å²) in [5.41, 5.74) is -1.50. The minimum atomic E-state index is -0.884. The monoisotopic (exact) mass is 376 g/mol. The lowest BCUT2D eigenvalue weighted by atomic mass is 10.2. The molecule has 0 saturated heterocycles. The summed E-state index contributed by atoms with van der Waals surface area (Å²) in [7, 11) is 0. The topological polar surface area (TPSA) is 86.6 Å². The van der Waals surface area contributed by atoms with Crippen molar-refractivity contribution in [3.63, 3.8) is 0 Å². The highest BCUT2D eigenvalue weighted by atomic mass is 19.1. The third-order valence-corrected chi connectivity index (χ3v) is 3.31. The SMILES string of the molecule is CCOC(=O)c1c(NC(=O)OC(C)(C)C)ccn(-c2ccc(F)cc2)c1=O.